The molecule has 0 saturated heterocycles. The molecular weight excluding hydrogens is 539 g/mol. The topological polar surface area (TPSA) is 95.5 Å². The fourth-order valence-electron chi connectivity index (χ4n) is 3.04. The van der Waals surface area contributed by atoms with Crippen LogP contribution in [0.15, 0.2) is 41.5 Å². The number of aromatic nitrogens is 1. The molecule has 1 aliphatic heterocycles. The first-order chi connectivity index (χ1) is 15.8. The zero-order valence-corrected chi connectivity index (χ0v) is 21.5. The maximum absolute atomic E-state index is 5.80. The van der Waals surface area contributed by atoms with Crippen LogP contribution < -0.4 is 24.8 Å². The summed E-state index contributed by atoms with van der Waals surface area (Å²) < 4.78 is 27.4. The molecule has 10 heteroatoms. The molecule has 2 aromatic rings. The molecule has 2 N–H and O–H groups in total. The highest BCUT2D eigenvalue weighted by molar-refractivity contribution is 14.0. The minimum atomic E-state index is 0. The van der Waals surface area contributed by atoms with E-state index in [1.807, 2.05) is 30.3 Å². The van der Waals surface area contributed by atoms with Crippen LogP contribution in [0.5, 0.6) is 17.4 Å². The predicted octanol–water partition coefficient (Wildman–Crippen LogP) is 3.48. The second-order valence-corrected chi connectivity index (χ2v) is 7.06. The van der Waals surface area contributed by atoms with Crippen molar-refractivity contribution >= 4 is 35.6 Å². The first-order valence-electron chi connectivity index (χ1n) is 10.8. The molecule has 3 rings (SSSR count). The molecule has 1 aliphatic rings. The Morgan fingerprint density at radius 1 is 1.09 bits per heavy atom. The van der Waals surface area contributed by atoms with Crippen molar-refractivity contribution in [3.05, 3.63) is 42.1 Å². The van der Waals surface area contributed by atoms with Gasteiger partial charge in [-0.25, -0.2) is 9.98 Å². The molecule has 0 saturated carbocycles. The Balaban J connectivity index is 0.00000385. The number of guanidine groups is 1. The zero-order chi connectivity index (χ0) is 22.4. The van der Waals surface area contributed by atoms with Gasteiger partial charge < -0.3 is 34.3 Å². The van der Waals surface area contributed by atoms with Crippen LogP contribution in [0, 0.1) is 0 Å². The molecule has 33 heavy (non-hydrogen) atoms. The van der Waals surface area contributed by atoms with Crippen molar-refractivity contribution in [3.8, 4) is 17.4 Å². The highest BCUT2D eigenvalue weighted by Crippen LogP contribution is 2.32. The zero-order valence-electron chi connectivity index (χ0n) is 19.2. The van der Waals surface area contributed by atoms with E-state index in [0.29, 0.717) is 58.0 Å². The number of anilines is 1. The van der Waals surface area contributed by atoms with Crippen molar-refractivity contribution < 1.29 is 23.7 Å². The van der Waals surface area contributed by atoms with Crippen LogP contribution in [0.1, 0.15) is 18.4 Å². The van der Waals surface area contributed by atoms with Gasteiger partial charge in [0, 0.05) is 50.2 Å². The maximum atomic E-state index is 5.80. The maximum Gasteiger partial charge on any atom is 0.218 e. The molecule has 0 unspecified atom stereocenters. The standard InChI is InChI=1S/C23H32N4O5.HI/c1-28-14-15-30-11-4-10-25-23(26-17-18-6-3-9-24-22(18)29-2)27-19-7-8-20-21(16-19)32-13-5-12-31-20;/h3,6-9,16H,4-5,10-15,17H2,1-2H3,(H2,25,26,27);1H. The number of benzene rings is 1. The van der Waals surface area contributed by atoms with E-state index in [0.717, 1.165) is 35.6 Å². The Kier molecular flexibility index (Phi) is 12.7. The van der Waals surface area contributed by atoms with Crippen LogP contribution in [-0.4, -0.2) is 64.7 Å². The van der Waals surface area contributed by atoms with E-state index in [1.54, 1.807) is 20.4 Å². The Bertz CT molecular complexity index is 868. The van der Waals surface area contributed by atoms with Gasteiger partial charge in [0.1, 0.15) is 0 Å². The number of halogens is 1. The Labute approximate surface area is 212 Å². The number of aliphatic imine (C=N–C) groups is 1. The number of hydrogen-bond donors (Lipinski definition) is 2. The average molecular weight is 572 g/mol. The van der Waals surface area contributed by atoms with E-state index in [9.17, 15) is 0 Å². The monoisotopic (exact) mass is 572 g/mol. The van der Waals surface area contributed by atoms with E-state index in [2.05, 4.69) is 15.6 Å². The van der Waals surface area contributed by atoms with Gasteiger partial charge in [0.25, 0.3) is 0 Å². The number of pyridine rings is 1. The summed E-state index contributed by atoms with van der Waals surface area (Å²) in [6, 6.07) is 9.60. The second kappa shape index (κ2) is 15.5. The fourth-order valence-corrected chi connectivity index (χ4v) is 3.04. The lowest BCUT2D eigenvalue weighted by Crippen LogP contribution is -2.32. The number of methoxy groups -OCH3 is 2. The van der Waals surface area contributed by atoms with Gasteiger partial charge in [-0.15, -0.1) is 24.0 Å². The molecular formula is C23H33IN4O5. The van der Waals surface area contributed by atoms with Gasteiger partial charge in [-0.1, -0.05) is 6.07 Å². The van der Waals surface area contributed by atoms with Crippen LogP contribution in [0.2, 0.25) is 0 Å². The number of ether oxygens (including phenoxy) is 5. The van der Waals surface area contributed by atoms with Crippen LogP contribution in [0.4, 0.5) is 5.69 Å². The molecule has 1 aromatic heterocycles. The summed E-state index contributed by atoms with van der Waals surface area (Å²) in [6.45, 7) is 4.25. The highest BCUT2D eigenvalue weighted by Gasteiger charge is 2.12. The lowest BCUT2D eigenvalue weighted by atomic mass is 10.2. The van der Waals surface area contributed by atoms with Gasteiger partial charge in [-0.2, -0.15) is 0 Å². The Morgan fingerprint density at radius 2 is 1.94 bits per heavy atom. The van der Waals surface area contributed by atoms with E-state index in [-0.39, 0.29) is 24.0 Å². The van der Waals surface area contributed by atoms with E-state index in [1.165, 1.54) is 0 Å². The summed E-state index contributed by atoms with van der Waals surface area (Å²) in [6.07, 6.45) is 3.40. The fraction of sp³-hybridized carbons (Fsp3) is 0.478. The van der Waals surface area contributed by atoms with Gasteiger partial charge in [-0.05, 0) is 24.6 Å². The average Bonchev–Trinajstić information content (AvgIpc) is 3.07. The lowest BCUT2D eigenvalue weighted by molar-refractivity contribution is 0.0699. The number of fused-ring (bicyclic) bond motifs is 1. The van der Waals surface area contributed by atoms with Crippen molar-refractivity contribution in [2.75, 3.05) is 59.1 Å². The smallest absolute Gasteiger partial charge is 0.218 e. The summed E-state index contributed by atoms with van der Waals surface area (Å²) in [7, 11) is 3.27. The van der Waals surface area contributed by atoms with Gasteiger partial charge in [0.15, 0.2) is 17.5 Å². The van der Waals surface area contributed by atoms with Crippen LogP contribution in [0.3, 0.4) is 0 Å². The van der Waals surface area contributed by atoms with Gasteiger partial charge >= 0.3 is 0 Å². The number of hydrogen-bond acceptors (Lipinski definition) is 7. The van der Waals surface area contributed by atoms with Crippen molar-refractivity contribution in [1.82, 2.24) is 10.3 Å². The molecule has 182 valence electrons. The van der Waals surface area contributed by atoms with Crippen LogP contribution >= 0.6 is 24.0 Å². The molecule has 0 aliphatic carbocycles. The van der Waals surface area contributed by atoms with E-state index < -0.39 is 0 Å². The third-order valence-corrected chi connectivity index (χ3v) is 4.65. The van der Waals surface area contributed by atoms with Crippen molar-refractivity contribution in [2.24, 2.45) is 4.99 Å². The molecule has 0 atom stereocenters. The van der Waals surface area contributed by atoms with Crippen molar-refractivity contribution in [3.63, 3.8) is 0 Å². The summed E-state index contributed by atoms with van der Waals surface area (Å²) in [5.41, 5.74) is 1.76. The minimum absolute atomic E-state index is 0. The molecule has 0 fully saturated rings. The molecule has 1 aromatic carbocycles. The summed E-state index contributed by atoms with van der Waals surface area (Å²) in [4.78, 5) is 8.95. The van der Waals surface area contributed by atoms with Crippen LogP contribution in [0.25, 0.3) is 0 Å². The van der Waals surface area contributed by atoms with E-state index in [4.69, 9.17) is 28.7 Å². The minimum Gasteiger partial charge on any atom is -0.490 e. The third kappa shape index (κ3) is 9.22. The lowest BCUT2D eigenvalue weighted by Gasteiger charge is -2.15. The van der Waals surface area contributed by atoms with Crippen molar-refractivity contribution in [2.45, 2.75) is 19.4 Å². The molecule has 0 amide bonds. The van der Waals surface area contributed by atoms with Crippen molar-refractivity contribution in [1.29, 1.82) is 0 Å². The highest BCUT2D eigenvalue weighted by atomic mass is 127. The Hall–Kier alpha value is -2.31. The largest absolute Gasteiger partial charge is 0.490 e. The summed E-state index contributed by atoms with van der Waals surface area (Å²) in [5, 5.41) is 6.70. The van der Waals surface area contributed by atoms with Gasteiger partial charge in [0.05, 0.1) is 40.1 Å². The Morgan fingerprint density at radius 3 is 2.76 bits per heavy atom. The normalized spacial score (nSPS) is 13.0. The molecule has 2 heterocycles. The quantitative estimate of drug-likeness (QED) is 0.183. The number of nitrogens with zero attached hydrogens (tertiary/aromatic N) is 2. The second-order valence-electron chi connectivity index (χ2n) is 7.06. The molecule has 0 spiro atoms. The predicted molar refractivity (Wildman–Crippen MR) is 138 cm³/mol. The molecule has 0 bridgehead atoms. The summed E-state index contributed by atoms with van der Waals surface area (Å²) >= 11 is 0. The third-order valence-electron chi connectivity index (χ3n) is 4.65. The van der Waals surface area contributed by atoms with Crippen LogP contribution in [-0.2, 0) is 16.0 Å². The van der Waals surface area contributed by atoms with Gasteiger partial charge in [0.2, 0.25) is 5.88 Å². The molecule has 0 radical (unpaired) electrons. The number of rotatable bonds is 11. The van der Waals surface area contributed by atoms with E-state index >= 15 is 0 Å². The first kappa shape index (κ1) is 26.9. The number of nitrogens with one attached hydrogen (secondary N) is 2. The molecule has 9 nitrogen and oxygen atoms in total. The van der Waals surface area contributed by atoms with Gasteiger partial charge in [-0.3, -0.25) is 0 Å². The SMILES string of the molecule is COCCOCCCNC(=NCc1cccnc1OC)Nc1ccc2c(c1)OCCCO2.I. The summed E-state index contributed by atoms with van der Waals surface area (Å²) in [5.74, 6) is 2.69. The first-order valence-corrected chi connectivity index (χ1v) is 10.8.